The van der Waals surface area contributed by atoms with Crippen molar-refractivity contribution in [1.82, 2.24) is 0 Å². The minimum Gasteiger partial charge on any atom is -0.307 e. The molecule has 2 aromatic rings. The zero-order valence-corrected chi connectivity index (χ0v) is 13.7. The lowest BCUT2D eigenvalue weighted by molar-refractivity contribution is -0.122. The largest absolute Gasteiger partial charge is 0.307 e. The fraction of sp³-hybridized carbons (Fsp3) is 0.235. The number of rotatable bonds is 2. The number of amides is 1. The minimum atomic E-state index is -0.711. The highest BCUT2D eigenvalue weighted by atomic mass is 79.9. The first-order valence-corrected chi connectivity index (χ1v) is 7.66. The summed E-state index contributed by atoms with van der Waals surface area (Å²) in [5.41, 5.74) is 0.738. The third-order valence-electron chi connectivity index (χ3n) is 4.08. The molecule has 2 nitrogen and oxygen atoms in total. The maximum Gasteiger partial charge on any atom is 0.237 e. The topological polar surface area (TPSA) is 20.3 Å². The van der Waals surface area contributed by atoms with Crippen LogP contribution in [0.15, 0.2) is 40.9 Å². The molecule has 1 heterocycles. The highest BCUT2D eigenvalue weighted by Crippen LogP contribution is 2.43. The van der Waals surface area contributed by atoms with E-state index in [1.165, 1.54) is 23.1 Å². The van der Waals surface area contributed by atoms with Crippen LogP contribution in [0.1, 0.15) is 25.0 Å². The van der Waals surface area contributed by atoms with E-state index in [0.717, 1.165) is 10.0 Å². The second kappa shape index (κ2) is 5.16. The Bertz CT molecular complexity index is 753. The molecule has 0 aromatic heterocycles. The smallest absolute Gasteiger partial charge is 0.237 e. The fourth-order valence-corrected chi connectivity index (χ4v) is 3.17. The van der Waals surface area contributed by atoms with Gasteiger partial charge in [0, 0.05) is 15.7 Å². The Morgan fingerprint density at radius 1 is 1.14 bits per heavy atom. The average molecular weight is 366 g/mol. The average Bonchev–Trinajstić information content (AvgIpc) is 2.63. The number of carbonyl (C=O) groups excluding carboxylic acids is 1. The Morgan fingerprint density at radius 2 is 1.77 bits per heavy atom. The molecule has 0 saturated heterocycles. The number of hydrogen-bond acceptors (Lipinski definition) is 1. The molecular weight excluding hydrogens is 352 g/mol. The molecule has 114 valence electrons. The molecule has 22 heavy (non-hydrogen) atoms. The first kappa shape index (κ1) is 15.2. The minimum absolute atomic E-state index is 0.0977. The third kappa shape index (κ3) is 2.24. The van der Waals surface area contributed by atoms with Crippen LogP contribution >= 0.6 is 15.9 Å². The van der Waals surface area contributed by atoms with Gasteiger partial charge >= 0.3 is 0 Å². The summed E-state index contributed by atoms with van der Waals surface area (Å²) in [6.07, 6.45) is 0. The summed E-state index contributed by atoms with van der Waals surface area (Å²) in [6.45, 7) is 3.52. The molecule has 0 atom stereocenters. The monoisotopic (exact) mass is 365 g/mol. The Morgan fingerprint density at radius 3 is 2.41 bits per heavy atom. The lowest BCUT2D eigenvalue weighted by Gasteiger charge is -2.21. The van der Waals surface area contributed by atoms with Crippen LogP contribution in [0.2, 0.25) is 0 Å². The molecule has 0 fully saturated rings. The van der Waals surface area contributed by atoms with Gasteiger partial charge in [-0.15, -0.1) is 0 Å². The zero-order valence-electron chi connectivity index (χ0n) is 12.2. The second-order valence-corrected chi connectivity index (χ2v) is 6.79. The van der Waals surface area contributed by atoms with Crippen molar-refractivity contribution in [2.45, 2.75) is 25.8 Å². The fourth-order valence-electron chi connectivity index (χ4n) is 2.82. The number of nitrogens with zero attached hydrogens (tertiary/aromatic N) is 1. The molecule has 1 aliphatic rings. The molecule has 5 heteroatoms. The van der Waals surface area contributed by atoms with Crippen molar-refractivity contribution in [3.8, 4) is 0 Å². The van der Waals surface area contributed by atoms with Crippen molar-refractivity contribution in [3.63, 3.8) is 0 Å². The third-order valence-corrected chi connectivity index (χ3v) is 4.57. The van der Waals surface area contributed by atoms with Crippen LogP contribution in [0, 0.1) is 11.6 Å². The Balaban J connectivity index is 2.09. The first-order chi connectivity index (χ1) is 10.3. The quantitative estimate of drug-likeness (QED) is 0.764. The summed E-state index contributed by atoms with van der Waals surface area (Å²) >= 11 is 3.38. The maximum atomic E-state index is 13.9. The van der Waals surface area contributed by atoms with Crippen LogP contribution in [-0.4, -0.2) is 5.91 Å². The van der Waals surface area contributed by atoms with Crippen LogP contribution in [0.4, 0.5) is 14.5 Å². The van der Waals surface area contributed by atoms with E-state index in [-0.39, 0.29) is 18.0 Å². The van der Waals surface area contributed by atoms with Crippen molar-refractivity contribution in [2.75, 3.05) is 4.90 Å². The van der Waals surface area contributed by atoms with E-state index in [1.54, 1.807) is 6.07 Å². The van der Waals surface area contributed by atoms with Crippen LogP contribution in [0.3, 0.4) is 0 Å². The standard InChI is InChI=1S/C17H14BrF2NO/c1-17(2)12-7-6-10(18)8-15(12)21(16(17)22)9-11-13(19)4-3-5-14(11)20/h3-8H,9H2,1-2H3. The number of hydrogen-bond donors (Lipinski definition) is 0. The van der Waals surface area contributed by atoms with Crippen molar-refractivity contribution in [1.29, 1.82) is 0 Å². The van der Waals surface area contributed by atoms with Gasteiger partial charge in [0.25, 0.3) is 0 Å². The molecule has 0 bridgehead atoms. The van der Waals surface area contributed by atoms with Gasteiger partial charge in [-0.1, -0.05) is 28.1 Å². The van der Waals surface area contributed by atoms with Gasteiger partial charge in [0.1, 0.15) is 11.6 Å². The summed E-state index contributed by atoms with van der Waals surface area (Å²) in [4.78, 5) is 14.1. The van der Waals surface area contributed by atoms with Gasteiger partial charge in [-0.3, -0.25) is 4.79 Å². The molecule has 3 rings (SSSR count). The van der Waals surface area contributed by atoms with E-state index in [0.29, 0.717) is 5.69 Å². The van der Waals surface area contributed by atoms with E-state index >= 15 is 0 Å². The van der Waals surface area contributed by atoms with Gasteiger partial charge in [-0.05, 0) is 43.7 Å². The Hall–Kier alpha value is -1.75. The van der Waals surface area contributed by atoms with Gasteiger partial charge in [0.05, 0.1) is 12.0 Å². The molecule has 1 amide bonds. The molecule has 0 saturated carbocycles. The normalized spacial score (nSPS) is 16.0. The molecule has 0 radical (unpaired) electrons. The van der Waals surface area contributed by atoms with E-state index in [9.17, 15) is 13.6 Å². The van der Waals surface area contributed by atoms with Gasteiger partial charge in [-0.25, -0.2) is 8.78 Å². The predicted molar refractivity (Wildman–Crippen MR) is 84.7 cm³/mol. The lowest BCUT2D eigenvalue weighted by atomic mass is 9.86. The van der Waals surface area contributed by atoms with E-state index in [1.807, 2.05) is 26.0 Å². The molecule has 2 aromatic carbocycles. The molecule has 0 unspecified atom stereocenters. The van der Waals surface area contributed by atoms with E-state index in [4.69, 9.17) is 0 Å². The summed E-state index contributed by atoms with van der Waals surface area (Å²) in [7, 11) is 0. The molecule has 0 spiro atoms. The number of anilines is 1. The molecule has 1 aliphatic heterocycles. The number of halogens is 3. The number of carbonyl (C=O) groups is 1. The van der Waals surface area contributed by atoms with Crippen LogP contribution in [0.25, 0.3) is 0 Å². The second-order valence-electron chi connectivity index (χ2n) is 5.88. The lowest BCUT2D eigenvalue weighted by Crippen LogP contribution is -2.36. The van der Waals surface area contributed by atoms with Crippen molar-refractivity contribution >= 4 is 27.5 Å². The number of fused-ring (bicyclic) bond motifs is 1. The van der Waals surface area contributed by atoms with Crippen molar-refractivity contribution in [2.24, 2.45) is 0 Å². The summed E-state index contributed by atoms with van der Waals surface area (Å²) in [6, 6.07) is 9.25. The van der Waals surface area contributed by atoms with Gasteiger partial charge in [0.2, 0.25) is 5.91 Å². The van der Waals surface area contributed by atoms with Gasteiger partial charge in [-0.2, -0.15) is 0 Å². The highest BCUT2D eigenvalue weighted by Gasteiger charge is 2.44. The first-order valence-electron chi connectivity index (χ1n) is 6.87. The molecular formula is C17H14BrF2NO. The van der Waals surface area contributed by atoms with Crippen molar-refractivity contribution < 1.29 is 13.6 Å². The summed E-state index contributed by atoms with van der Waals surface area (Å²) in [5, 5.41) is 0. The summed E-state index contributed by atoms with van der Waals surface area (Å²) in [5.74, 6) is -1.45. The zero-order chi connectivity index (χ0) is 16.1. The van der Waals surface area contributed by atoms with Crippen LogP contribution in [-0.2, 0) is 16.8 Å². The Labute approximate surface area is 135 Å². The van der Waals surface area contributed by atoms with E-state index < -0.39 is 17.0 Å². The highest BCUT2D eigenvalue weighted by molar-refractivity contribution is 9.10. The SMILES string of the molecule is CC1(C)C(=O)N(Cc2c(F)cccc2F)c2cc(Br)ccc21. The molecule has 0 N–H and O–H groups in total. The maximum absolute atomic E-state index is 13.9. The molecule has 0 aliphatic carbocycles. The van der Waals surface area contributed by atoms with Crippen LogP contribution < -0.4 is 4.90 Å². The predicted octanol–water partition coefficient (Wildman–Crippen LogP) is 4.55. The van der Waals surface area contributed by atoms with E-state index in [2.05, 4.69) is 15.9 Å². The number of benzene rings is 2. The Kier molecular flexibility index (Phi) is 3.56. The van der Waals surface area contributed by atoms with Gasteiger partial charge in [0.15, 0.2) is 0 Å². The van der Waals surface area contributed by atoms with Crippen molar-refractivity contribution in [3.05, 3.63) is 63.6 Å². The van der Waals surface area contributed by atoms with Crippen LogP contribution in [0.5, 0.6) is 0 Å². The summed E-state index contributed by atoms with van der Waals surface area (Å²) < 4.78 is 28.6. The van der Waals surface area contributed by atoms with Gasteiger partial charge < -0.3 is 4.90 Å².